The van der Waals surface area contributed by atoms with E-state index < -0.39 is 5.97 Å². The van der Waals surface area contributed by atoms with Gasteiger partial charge in [0.15, 0.2) is 0 Å². The number of hydrogen-bond donors (Lipinski definition) is 2. The zero-order chi connectivity index (χ0) is 15.1. The second kappa shape index (κ2) is 8.09. The average molecular weight is 286 g/mol. The summed E-state index contributed by atoms with van der Waals surface area (Å²) in [6, 6.07) is -0.392. The summed E-state index contributed by atoms with van der Waals surface area (Å²) in [5, 5.41) is 11.7. The molecule has 6 heteroatoms. The van der Waals surface area contributed by atoms with E-state index in [1.54, 1.807) is 0 Å². The van der Waals surface area contributed by atoms with Gasteiger partial charge in [-0.3, -0.25) is 4.79 Å². The van der Waals surface area contributed by atoms with Crippen LogP contribution in [0.3, 0.4) is 0 Å². The molecule has 6 nitrogen and oxygen atoms in total. The highest BCUT2D eigenvalue weighted by molar-refractivity contribution is 5.80. The molecule has 2 amide bonds. The summed E-state index contributed by atoms with van der Waals surface area (Å²) >= 11 is 0. The van der Waals surface area contributed by atoms with Crippen molar-refractivity contribution in [3.63, 3.8) is 0 Å². The molecule has 0 spiro atoms. The lowest BCUT2D eigenvalue weighted by molar-refractivity contribution is -0.138. The summed E-state index contributed by atoms with van der Waals surface area (Å²) in [4.78, 5) is 24.4. The highest BCUT2D eigenvalue weighted by atomic mass is 16.5. The molecular formula is C14H26N2O4. The number of carboxylic acid groups (broad SMARTS) is 1. The van der Waals surface area contributed by atoms with Crippen molar-refractivity contribution < 1.29 is 19.4 Å². The first kappa shape index (κ1) is 16.8. The number of rotatable bonds is 7. The summed E-state index contributed by atoms with van der Waals surface area (Å²) in [6.07, 6.45) is 2.81. The first-order valence-corrected chi connectivity index (χ1v) is 7.37. The van der Waals surface area contributed by atoms with Crippen LogP contribution in [-0.4, -0.2) is 53.8 Å². The van der Waals surface area contributed by atoms with E-state index in [9.17, 15) is 9.59 Å². The number of hydrogen-bond acceptors (Lipinski definition) is 3. The van der Waals surface area contributed by atoms with Crippen LogP contribution in [0.2, 0.25) is 0 Å². The Morgan fingerprint density at radius 3 is 2.70 bits per heavy atom. The zero-order valence-corrected chi connectivity index (χ0v) is 12.6. The van der Waals surface area contributed by atoms with Crippen LogP contribution in [0, 0.1) is 5.92 Å². The largest absolute Gasteiger partial charge is 0.480 e. The molecule has 20 heavy (non-hydrogen) atoms. The quantitative estimate of drug-likeness (QED) is 0.746. The molecule has 0 aromatic rings. The lowest BCUT2D eigenvalue weighted by Crippen LogP contribution is -2.48. The number of ether oxygens (including phenoxy) is 1. The molecule has 0 aromatic carbocycles. The average Bonchev–Trinajstić information content (AvgIpc) is 2.88. The van der Waals surface area contributed by atoms with Crippen LogP contribution >= 0.6 is 0 Å². The lowest BCUT2D eigenvalue weighted by Gasteiger charge is -2.28. The fourth-order valence-electron chi connectivity index (χ4n) is 2.49. The standard InChI is InChI=1S/C14H26N2O4/c1-4-10(3)16(9-13(17)18)14(19)15-8-11-6-7-20-12(11)5-2/h10-12H,4-9H2,1-3H3,(H,15,19)(H,17,18). The summed E-state index contributed by atoms with van der Waals surface area (Å²) in [5.41, 5.74) is 0. The maximum atomic E-state index is 12.1. The highest BCUT2D eigenvalue weighted by Crippen LogP contribution is 2.22. The summed E-state index contributed by atoms with van der Waals surface area (Å²) in [6.45, 7) is 6.88. The molecule has 1 aliphatic heterocycles. The third-order valence-electron chi connectivity index (χ3n) is 3.95. The normalized spacial score (nSPS) is 23.4. The van der Waals surface area contributed by atoms with E-state index in [2.05, 4.69) is 12.2 Å². The predicted molar refractivity (Wildman–Crippen MR) is 75.6 cm³/mol. The number of urea groups is 1. The van der Waals surface area contributed by atoms with Gasteiger partial charge < -0.3 is 20.1 Å². The van der Waals surface area contributed by atoms with Gasteiger partial charge in [0.1, 0.15) is 6.54 Å². The number of nitrogens with zero attached hydrogens (tertiary/aromatic N) is 1. The van der Waals surface area contributed by atoms with Crippen LogP contribution < -0.4 is 5.32 Å². The van der Waals surface area contributed by atoms with Gasteiger partial charge in [-0.2, -0.15) is 0 Å². The Kier molecular flexibility index (Phi) is 6.78. The molecule has 1 rings (SSSR count). The molecule has 1 saturated heterocycles. The minimum atomic E-state index is -0.990. The van der Waals surface area contributed by atoms with E-state index in [4.69, 9.17) is 9.84 Å². The van der Waals surface area contributed by atoms with Crippen LogP contribution in [0.15, 0.2) is 0 Å². The second-order valence-electron chi connectivity index (χ2n) is 5.33. The molecule has 1 heterocycles. The van der Waals surface area contributed by atoms with Crippen molar-refractivity contribution >= 4 is 12.0 Å². The van der Waals surface area contributed by atoms with Gasteiger partial charge in [0.25, 0.3) is 0 Å². The molecule has 0 saturated carbocycles. The Morgan fingerprint density at radius 2 is 2.15 bits per heavy atom. The number of carbonyl (C=O) groups is 2. The Morgan fingerprint density at radius 1 is 1.45 bits per heavy atom. The molecule has 0 bridgehead atoms. The summed E-state index contributed by atoms with van der Waals surface area (Å²) < 4.78 is 5.58. The van der Waals surface area contributed by atoms with Gasteiger partial charge in [-0.1, -0.05) is 13.8 Å². The SMILES string of the molecule is CCC1OCCC1CNC(=O)N(CC(=O)O)C(C)CC. The molecule has 3 atom stereocenters. The molecule has 116 valence electrons. The molecule has 0 aliphatic carbocycles. The Labute approximate surface area is 120 Å². The Bertz CT molecular complexity index is 335. The lowest BCUT2D eigenvalue weighted by atomic mass is 10.00. The monoisotopic (exact) mass is 286 g/mol. The molecular weight excluding hydrogens is 260 g/mol. The molecule has 0 radical (unpaired) electrons. The Hall–Kier alpha value is -1.30. The van der Waals surface area contributed by atoms with E-state index >= 15 is 0 Å². The third kappa shape index (κ3) is 4.67. The van der Waals surface area contributed by atoms with Crippen molar-refractivity contribution in [2.75, 3.05) is 19.7 Å². The predicted octanol–water partition coefficient (Wildman–Crippen LogP) is 1.70. The van der Waals surface area contributed by atoms with Gasteiger partial charge in [-0.15, -0.1) is 0 Å². The van der Waals surface area contributed by atoms with Crippen LogP contribution in [0.4, 0.5) is 4.79 Å². The third-order valence-corrected chi connectivity index (χ3v) is 3.95. The van der Waals surface area contributed by atoms with Gasteiger partial charge in [-0.25, -0.2) is 4.79 Å². The van der Waals surface area contributed by atoms with E-state index in [1.165, 1.54) is 4.90 Å². The van der Waals surface area contributed by atoms with Gasteiger partial charge in [0.05, 0.1) is 6.10 Å². The van der Waals surface area contributed by atoms with Gasteiger partial charge in [0.2, 0.25) is 0 Å². The Balaban J connectivity index is 2.51. The fraction of sp³-hybridized carbons (Fsp3) is 0.857. The van der Waals surface area contributed by atoms with E-state index in [0.29, 0.717) is 12.5 Å². The van der Waals surface area contributed by atoms with E-state index in [0.717, 1.165) is 25.9 Å². The highest BCUT2D eigenvalue weighted by Gasteiger charge is 2.28. The van der Waals surface area contributed by atoms with Crippen molar-refractivity contribution in [1.82, 2.24) is 10.2 Å². The topological polar surface area (TPSA) is 78.9 Å². The van der Waals surface area contributed by atoms with Crippen molar-refractivity contribution in [3.8, 4) is 0 Å². The molecule has 1 fully saturated rings. The van der Waals surface area contributed by atoms with E-state index in [1.807, 2.05) is 13.8 Å². The first-order valence-electron chi connectivity index (χ1n) is 7.37. The van der Waals surface area contributed by atoms with Crippen molar-refractivity contribution in [2.45, 2.75) is 52.2 Å². The number of carbonyl (C=O) groups excluding carboxylic acids is 1. The van der Waals surface area contributed by atoms with Gasteiger partial charge >= 0.3 is 12.0 Å². The molecule has 3 unspecified atom stereocenters. The minimum absolute atomic E-state index is 0.0899. The van der Waals surface area contributed by atoms with Crippen molar-refractivity contribution in [3.05, 3.63) is 0 Å². The van der Waals surface area contributed by atoms with Crippen LogP contribution in [0.1, 0.15) is 40.0 Å². The van der Waals surface area contributed by atoms with Gasteiger partial charge in [-0.05, 0) is 26.2 Å². The minimum Gasteiger partial charge on any atom is -0.480 e. The molecule has 1 aliphatic rings. The number of nitrogens with one attached hydrogen (secondary N) is 1. The van der Waals surface area contributed by atoms with E-state index in [-0.39, 0.29) is 24.7 Å². The summed E-state index contributed by atoms with van der Waals surface area (Å²) in [7, 11) is 0. The van der Waals surface area contributed by atoms with Crippen molar-refractivity contribution in [1.29, 1.82) is 0 Å². The van der Waals surface area contributed by atoms with Crippen LogP contribution in [0.25, 0.3) is 0 Å². The maximum absolute atomic E-state index is 12.1. The van der Waals surface area contributed by atoms with Crippen molar-refractivity contribution in [2.24, 2.45) is 5.92 Å². The van der Waals surface area contributed by atoms with Crippen LogP contribution in [0.5, 0.6) is 0 Å². The summed E-state index contributed by atoms with van der Waals surface area (Å²) in [5.74, 6) is -0.663. The number of amides is 2. The number of carboxylic acids is 1. The molecule has 2 N–H and O–H groups in total. The van der Waals surface area contributed by atoms with Crippen LogP contribution in [-0.2, 0) is 9.53 Å². The first-order chi connectivity index (χ1) is 9.49. The van der Waals surface area contributed by atoms with Gasteiger partial charge in [0, 0.05) is 25.1 Å². The second-order valence-corrected chi connectivity index (χ2v) is 5.33. The smallest absolute Gasteiger partial charge is 0.323 e. The molecule has 0 aromatic heterocycles. The number of aliphatic carboxylic acids is 1. The fourth-order valence-corrected chi connectivity index (χ4v) is 2.49. The zero-order valence-electron chi connectivity index (χ0n) is 12.6. The maximum Gasteiger partial charge on any atom is 0.323 e.